The third kappa shape index (κ3) is 6.06. The molecule has 3 atom stereocenters. The number of aliphatic hydroxyl groups is 1. The minimum Gasteiger partial charge on any atom is -0.396 e. The number of halogens is 4. The molecule has 2 fully saturated rings. The third-order valence-electron chi connectivity index (χ3n) is 5.67. The SMILES string of the molecule is CC(C)N1CC(C)C(F)(F)C(CO)C1.CC(C)N1CCC(F)(F)CC1C. The molecule has 3 nitrogen and oxygen atoms in total. The highest BCUT2D eigenvalue weighted by Crippen LogP contribution is 2.38. The second kappa shape index (κ2) is 9.20. The summed E-state index contributed by atoms with van der Waals surface area (Å²) in [4.78, 5) is 4.14. The number of aliphatic hydroxyl groups excluding tert-OH is 1. The van der Waals surface area contributed by atoms with Crippen LogP contribution in [0.1, 0.15) is 54.4 Å². The summed E-state index contributed by atoms with van der Waals surface area (Å²) in [7, 11) is 0. The Balaban J connectivity index is 0.000000263. The zero-order chi connectivity index (χ0) is 20.3. The van der Waals surface area contributed by atoms with Gasteiger partial charge in [-0.1, -0.05) is 6.92 Å². The van der Waals surface area contributed by atoms with E-state index in [9.17, 15) is 17.6 Å². The van der Waals surface area contributed by atoms with E-state index in [-0.39, 0.29) is 24.9 Å². The van der Waals surface area contributed by atoms with Gasteiger partial charge in [0, 0.05) is 56.5 Å². The Kier molecular flexibility index (Phi) is 8.36. The van der Waals surface area contributed by atoms with Crippen molar-refractivity contribution >= 4 is 0 Å². The average molecular weight is 385 g/mol. The molecule has 2 aliphatic rings. The summed E-state index contributed by atoms with van der Waals surface area (Å²) in [6.07, 6.45) is 0.0424. The molecular formula is C19H36F4N2O. The first-order chi connectivity index (χ1) is 11.8. The summed E-state index contributed by atoms with van der Waals surface area (Å²) in [5.74, 6) is -6.73. The van der Waals surface area contributed by atoms with E-state index < -0.39 is 30.3 Å². The van der Waals surface area contributed by atoms with Crippen molar-refractivity contribution in [3.63, 3.8) is 0 Å². The van der Waals surface area contributed by atoms with Gasteiger partial charge in [0.05, 0.1) is 12.5 Å². The fraction of sp³-hybridized carbons (Fsp3) is 1.00. The first-order valence-electron chi connectivity index (χ1n) is 9.68. The second-order valence-electron chi connectivity index (χ2n) is 8.49. The lowest BCUT2D eigenvalue weighted by Gasteiger charge is -2.43. The average Bonchev–Trinajstić information content (AvgIpc) is 2.48. The van der Waals surface area contributed by atoms with Crippen LogP contribution < -0.4 is 0 Å². The maximum Gasteiger partial charge on any atom is 0.258 e. The van der Waals surface area contributed by atoms with Crippen molar-refractivity contribution in [3.05, 3.63) is 0 Å². The van der Waals surface area contributed by atoms with Crippen LogP contribution in [-0.4, -0.2) is 71.1 Å². The van der Waals surface area contributed by atoms with Gasteiger partial charge in [-0.2, -0.15) is 0 Å². The molecular weight excluding hydrogens is 348 g/mol. The van der Waals surface area contributed by atoms with Crippen molar-refractivity contribution in [1.29, 1.82) is 0 Å². The molecule has 2 aliphatic heterocycles. The van der Waals surface area contributed by atoms with E-state index >= 15 is 0 Å². The first kappa shape index (κ1) is 23.6. The highest BCUT2D eigenvalue weighted by Gasteiger charge is 2.49. The molecule has 0 aromatic carbocycles. The molecule has 0 aromatic heterocycles. The van der Waals surface area contributed by atoms with E-state index in [0.29, 0.717) is 25.7 Å². The third-order valence-corrected chi connectivity index (χ3v) is 5.67. The minimum absolute atomic E-state index is 0.0190. The van der Waals surface area contributed by atoms with E-state index in [1.807, 2.05) is 25.7 Å². The van der Waals surface area contributed by atoms with Gasteiger partial charge < -0.3 is 5.11 Å². The summed E-state index contributed by atoms with van der Waals surface area (Å²) in [5, 5.41) is 8.94. The monoisotopic (exact) mass is 384 g/mol. The topological polar surface area (TPSA) is 26.7 Å². The van der Waals surface area contributed by atoms with Gasteiger partial charge in [0.1, 0.15) is 0 Å². The molecule has 3 unspecified atom stereocenters. The molecule has 2 saturated heterocycles. The Bertz CT molecular complexity index is 432. The van der Waals surface area contributed by atoms with Gasteiger partial charge in [-0.25, -0.2) is 17.6 Å². The van der Waals surface area contributed by atoms with Gasteiger partial charge >= 0.3 is 0 Å². The van der Waals surface area contributed by atoms with Crippen LogP contribution in [0.25, 0.3) is 0 Å². The van der Waals surface area contributed by atoms with E-state index in [1.165, 1.54) is 0 Å². The fourth-order valence-electron chi connectivity index (χ4n) is 3.89. The van der Waals surface area contributed by atoms with Crippen LogP contribution >= 0.6 is 0 Å². The number of piperidine rings is 2. The van der Waals surface area contributed by atoms with Crippen LogP contribution in [-0.2, 0) is 0 Å². The van der Waals surface area contributed by atoms with E-state index in [4.69, 9.17) is 5.11 Å². The van der Waals surface area contributed by atoms with Crippen LogP contribution in [0.4, 0.5) is 17.6 Å². The van der Waals surface area contributed by atoms with Gasteiger partial charge in [-0.05, 0) is 34.6 Å². The Morgan fingerprint density at radius 2 is 1.58 bits per heavy atom. The number of hydrogen-bond donors (Lipinski definition) is 1. The summed E-state index contributed by atoms with van der Waals surface area (Å²) in [5.41, 5.74) is 0. The van der Waals surface area contributed by atoms with Crippen molar-refractivity contribution in [2.45, 2.75) is 84.4 Å². The molecule has 2 rings (SSSR count). The van der Waals surface area contributed by atoms with Crippen LogP contribution in [0.3, 0.4) is 0 Å². The van der Waals surface area contributed by atoms with Crippen molar-refractivity contribution < 1.29 is 22.7 Å². The maximum atomic E-state index is 13.5. The molecule has 0 saturated carbocycles. The first-order valence-corrected chi connectivity index (χ1v) is 9.68. The summed E-state index contributed by atoms with van der Waals surface area (Å²) >= 11 is 0. The zero-order valence-electron chi connectivity index (χ0n) is 17.0. The summed E-state index contributed by atoms with van der Waals surface area (Å²) in [6, 6.07) is 0.674. The van der Waals surface area contributed by atoms with Crippen molar-refractivity contribution in [3.8, 4) is 0 Å². The normalized spacial score (nSPS) is 32.4. The predicted octanol–water partition coefficient (Wildman–Crippen LogP) is 4.10. The molecule has 0 radical (unpaired) electrons. The van der Waals surface area contributed by atoms with Crippen LogP contribution in [0, 0.1) is 11.8 Å². The Morgan fingerprint density at radius 3 is 2.00 bits per heavy atom. The van der Waals surface area contributed by atoms with Gasteiger partial charge in [-0.15, -0.1) is 0 Å². The van der Waals surface area contributed by atoms with Crippen molar-refractivity contribution in [2.75, 3.05) is 26.2 Å². The standard InChI is InChI=1S/C10H19F2NO.C9H17F2N/c1-7(2)13-4-8(3)10(11,12)9(5-13)6-14;1-7(2)12-5-4-9(10,11)6-8(12)3/h7-9,14H,4-6H2,1-3H3;7-8H,4-6H2,1-3H3. The fourth-order valence-corrected chi connectivity index (χ4v) is 3.89. The molecule has 0 spiro atoms. The molecule has 1 N–H and O–H groups in total. The molecule has 0 amide bonds. The Morgan fingerprint density at radius 1 is 1.00 bits per heavy atom. The van der Waals surface area contributed by atoms with Gasteiger partial charge in [0.25, 0.3) is 11.8 Å². The van der Waals surface area contributed by atoms with Gasteiger partial charge in [0.2, 0.25) is 0 Å². The highest BCUT2D eigenvalue weighted by molar-refractivity contribution is 4.91. The van der Waals surface area contributed by atoms with Gasteiger partial charge in [-0.3, -0.25) is 9.80 Å². The molecule has 0 bridgehead atoms. The van der Waals surface area contributed by atoms with Crippen LogP contribution in [0.15, 0.2) is 0 Å². The van der Waals surface area contributed by atoms with Gasteiger partial charge in [0.15, 0.2) is 0 Å². The predicted molar refractivity (Wildman–Crippen MR) is 96.9 cm³/mol. The highest BCUT2D eigenvalue weighted by atomic mass is 19.3. The van der Waals surface area contributed by atoms with E-state index in [2.05, 4.69) is 18.7 Å². The summed E-state index contributed by atoms with van der Waals surface area (Å²) < 4.78 is 52.8. The number of alkyl halides is 4. The second-order valence-corrected chi connectivity index (χ2v) is 8.49. The molecule has 2 heterocycles. The largest absolute Gasteiger partial charge is 0.396 e. The molecule has 26 heavy (non-hydrogen) atoms. The molecule has 156 valence electrons. The minimum atomic E-state index is -2.72. The van der Waals surface area contributed by atoms with Crippen LogP contribution in [0.5, 0.6) is 0 Å². The number of rotatable bonds is 3. The Labute approximate surface area is 155 Å². The maximum absolute atomic E-state index is 13.5. The quantitative estimate of drug-likeness (QED) is 0.742. The Hall–Kier alpha value is -0.400. The summed E-state index contributed by atoms with van der Waals surface area (Å²) in [6.45, 7) is 12.3. The number of hydrogen-bond acceptors (Lipinski definition) is 3. The van der Waals surface area contributed by atoms with Crippen LogP contribution in [0.2, 0.25) is 0 Å². The lowest BCUT2D eigenvalue weighted by molar-refractivity contribution is -0.160. The van der Waals surface area contributed by atoms with Crippen molar-refractivity contribution in [2.24, 2.45) is 11.8 Å². The van der Waals surface area contributed by atoms with Crippen molar-refractivity contribution in [1.82, 2.24) is 9.80 Å². The molecule has 0 aromatic rings. The number of nitrogens with zero attached hydrogens (tertiary/aromatic N) is 2. The lowest BCUT2D eigenvalue weighted by atomic mass is 9.86. The van der Waals surface area contributed by atoms with E-state index in [0.717, 1.165) is 0 Å². The zero-order valence-corrected chi connectivity index (χ0v) is 17.0. The number of likely N-dealkylation sites (tertiary alicyclic amines) is 2. The van der Waals surface area contributed by atoms with E-state index in [1.54, 1.807) is 6.92 Å². The lowest BCUT2D eigenvalue weighted by Crippen LogP contribution is -2.55. The molecule has 7 heteroatoms. The smallest absolute Gasteiger partial charge is 0.258 e. The molecule has 0 aliphatic carbocycles.